The van der Waals surface area contributed by atoms with Crippen molar-refractivity contribution in [2.75, 3.05) is 11.5 Å². The molecule has 0 atom stereocenters. The zero-order valence-electron chi connectivity index (χ0n) is 13.6. The standard InChI is InChI=1S/C15H22NS.C4H6/c1-4-10-17(11-5-2)15-12-16(3)14-9-7-6-8-13(14)15;1-3-4-2/h6-9,12H,4-5,10-11H2,1-3H3;3-4H,1-2H2/q+1;. The van der Waals surface area contributed by atoms with Crippen LogP contribution in [0.15, 0.2) is 60.7 Å². The molecule has 0 unspecified atom stereocenters. The van der Waals surface area contributed by atoms with Gasteiger partial charge in [0.15, 0.2) is 4.90 Å². The molecule has 21 heavy (non-hydrogen) atoms. The van der Waals surface area contributed by atoms with E-state index in [1.54, 1.807) is 17.0 Å². The van der Waals surface area contributed by atoms with Gasteiger partial charge in [-0.3, -0.25) is 0 Å². The molecule has 2 heteroatoms. The smallest absolute Gasteiger partial charge is 0.180 e. The lowest BCUT2D eigenvalue weighted by Gasteiger charge is -2.04. The fourth-order valence-corrected chi connectivity index (χ4v) is 4.77. The molecule has 0 aliphatic carbocycles. The van der Waals surface area contributed by atoms with Crippen molar-refractivity contribution < 1.29 is 0 Å². The second-order valence-corrected chi connectivity index (χ2v) is 7.24. The van der Waals surface area contributed by atoms with Crippen LogP contribution >= 0.6 is 0 Å². The Kier molecular flexibility index (Phi) is 7.99. The third-order valence-corrected chi connectivity index (χ3v) is 5.99. The van der Waals surface area contributed by atoms with Gasteiger partial charge in [0.25, 0.3) is 0 Å². The second kappa shape index (κ2) is 9.51. The van der Waals surface area contributed by atoms with Crippen molar-refractivity contribution in [3.63, 3.8) is 0 Å². The van der Waals surface area contributed by atoms with Crippen LogP contribution in [0.25, 0.3) is 10.9 Å². The summed E-state index contributed by atoms with van der Waals surface area (Å²) < 4.78 is 2.27. The van der Waals surface area contributed by atoms with E-state index in [9.17, 15) is 0 Å². The minimum Gasteiger partial charge on any atom is -0.346 e. The van der Waals surface area contributed by atoms with Crippen LogP contribution in [-0.4, -0.2) is 16.1 Å². The number of rotatable bonds is 6. The van der Waals surface area contributed by atoms with E-state index in [0.717, 1.165) is 0 Å². The van der Waals surface area contributed by atoms with E-state index in [0.29, 0.717) is 10.9 Å². The summed E-state index contributed by atoms with van der Waals surface area (Å²) >= 11 is 0. The zero-order valence-corrected chi connectivity index (χ0v) is 14.5. The molecule has 1 aromatic carbocycles. The summed E-state index contributed by atoms with van der Waals surface area (Å²) in [5.74, 6) is 2.67. The van der Waals surface area contributed by atoms with Crippen LogP contribution in [-0.2, 0) is 17.9 Å². The average molecular weight is 303 g/mol. The van der Waals surface area contributed by atoms with E-state index in [4.69, 9.17) is 0 Å². The number of nitrogens with zero attached hydrogens (tertiary/aromatic N) is 1. The third-order valence-electron chi connectivity index (χ3n) is 3.24. The molecule has 0 bridgehead atoms. The monoisotopic (exact) mass is 302 g/mol. The highest BCUT2D eigenvalue weighted by Crippen LogP contribution is 2.27. The van der Waals surface area contributed by atoms with Crippen molar-refractivity contribution in [3.05, 3.63) is 55.8 Å². The molecule has 0 aliphatic rings. The Bertz CT molecular complexity index is 556. The van der Waals surface area contributed by atoms with E-state index in [1.807, 2.05) is 0 Å². The van der Waals surface area contributed by atoms with Gasteiger partial charge < -0.3 is 4.57 Å². The highest BCUT2D eigenvalue weighted by atomic mass is 32.2. The minimum absolute atomic E-state index is 0.438. The van der Waals surface area contributed by atoms with Crippen LogP contribution in [0.3, 0.4) is 0 Å². The van der Waals surface area contributed by atoms with E-state index in [-0.39, 0.29) is 0 Å². The molecule has 1 heterocycles. The van der Waals surface area contributed by atoms with Gasteiger partial charge in [-0.25, -0.2) is 0 Å². The minimum atomic E-state index is 0.438. The van der Waals surface area contributed by atoms with Gasteiger partial charge in [0.2, 0.25) is 0 Å². The molecule has 0 saturated carbocycles. The number of benzene rings is 1. The lowest BCUT2D eigenvalue weighted by Crippen LogP contribution is -2.11. The van der Waals surface area contributed by atoms with Gasteiger partial charge in [0.1, 0.15) is 11.5 Å². The first-order valence-electron chi connectivity index (χ1n) is 7.64. The molecule has 2 rings (SSSR count). The van der Waals surface area contributed by atoms with Crippen molar-refractivity contribution in [3.8, 4) is 0 Å². The van der Waals surface area contributed by atoms with Crippen LogP contribution in [0, 0.1) is 0 Å². The van der Waals surface area contributed by atoms with Gasteiger partial charge in [-0.15, -0.1) is 0 Å². The van der Waals surface area contributed by atoms with E-state index in [2.05, 4.69) is 69.1 Å². The Morgan fingerprint density at radius 1 is 1.05 bits per heavy atom. The predicted octanol–water partition coefficient (Wildman–Crippen LogP) is 5.33. The van der Waals surface area contributed by atoms with Crippen molar-refractivity contribution in [1.82, 2.24) is 4.57 Å². The van der Waals surface area contributed by atoms with Crippen molar-refractivity contribution >= 4 is 21.8 Å². The summed E-state index contributed by atoms with van der Waals surface area (Å²) in [6.45, 7) is 11.3. The molecule has 0 spiro atoms. The lowest BCUT2D eigenvalue weighted by molar-refractivity contribution is 0.954. The maximum absolute atomic E-state index is 3.36. The topological polar surface area (TPSA) is 4.93 Å². The Balaban J connectivity index is 0.000000491. The first kappa shape index (κ1) is 17.6. The second-order valence-electron chi connectivity index (χ2n) is 4.99. The van der Waals surface area contributed by atoms with Gasteiger partial charge in [0, 0.05) is 17.9 Å². The van der Waals surface area contributed by atoms with Gasteiger partial charge in [-0.1, -0.05) is 51.3 Å². The van der Waals surface area contributed by atoms with Crippen LogP contribution in [0.1, 0.15) is 26.7 Å². The van der Waals surface area contributed by atoms with E-state index in [1.165, 1.54) is 35.3 Å². The fourth-order valence-electron chi connectivity index (χ4n) is 2.35. The molecule has 0 fully saturated rings. The Labute approximate surface area is 132 Å². The molecule has 0 N–H and O–H groups in total. The maximum atomic E-state index is 3.36. The Morgan fingerprint density at radius 2 is 1.62 bits per heavy atom. The zero-order chi connectivity index (χ0) is 15.7. The van der Waals surface area contributed by atoms with Gasteiger partial charge in [0.05, 0.1) is 17.1 Å². The summed E-state index contributed by atoms with van der Waals surface area (Å²) in [7, 11) is 2.60. The van der Waals surface area contributed by atoms with Crippen molar-refractivity contribution in [1.29, 1.82) is 0 Å². The molecule has 1 nitrogen and oxygen atoms in total. The molecule has 0 radical (unpaired) electrons. The maximum Gasteiger partial charge on any atom is 0.180 e. The summed E-state index contributed by atoms with van der Waals surface area (Å²) in [6, 6.07) is 8.78. The van der Waals surface area contributed by atoms with Gasteiger partial charge >= 0.3 is 0 Å². The SMILES string of the molecule is C=CC=C.CCC[S+](CCC)c1cn(C)c2ccccc12. The normalized spacial score (nSPS) is 10.3. The van der Waals surface area contributed by atoms with Crippen LogP contribution < -0.4 is 0 Å². The summed E-state index contributed by atoms with van der Waals surface area (Å²) in [4.78, 5) is 1.58. The predicted molar refractivity (Wildman–Crippen MR) is 99.3 cm³/mol. The van der Waals surface area contributed by atoms with E-state index < -0.39 is 0 Å². The van der Waals surface area contributed by atoms with Crippen LogP contribution in [0.5, 0.6) is 0 Å². The molecular formula is C19H28NS+. The molecule has 114 valence electrons. The first-order chi connectivity index (χ1) is 10.2. The quantitative estimate of drug-likeness (QED) is 0.502. The van der Waals surface area contributed by atoms with Crippen LogP contribution in [0.2, 0.25) is 0 Å². The molecule has 0 amide bonds. The molecule has 0 saturated heterocycles. The van der Waals surface area contributed by atoms with Crippen LogP contribution in [0.4, 0.5) is 0 Å². The molecule has 1 aromatic heterocycles. The molecule has 0 aliphatic heterocycles. The highest BCUT2D eigenvalue weighted by molar-refractivity contribution is 7.97. The Morgan fingerprint density at radius 3 is 2.14 bits per heavy atom. The summed E-state index contributed by atoms with van der Waals surface area (Å²) in [6.07, 6.45) is 8.19. The number of aromatic nitrogens is 1. The van der Waals surface area contributed by atoms with Gasteiger partial charge in [-0.05, 0) is 25.0 Å². The number of aryl methyl sites for hydroxylation is 1. The average Bonchev–Trinajstić information content (AvgIpc) is 2.85. The lowest BCUT2D eigenvalue weighted by atomic mass is 10.2. The number of hydrogen-bond acceptors (Lipinski definition) is 0. The Hall–Kier alpha value is -1.41. The molecule has 2 aromatic rings. The van der Waals surface area contributed by atoms with Crippen molar-refractivity contribution in [2.24, 2.45) is 7.05 Å². The van der Waals surface area contributed by atoms with Gasteiger partial charge in [-0.2, -0.15) is 0 Å². The fraction of sp³-hybridized carbons (Fsp3) is 0.368. The third kappa shape index (κ3) is 4.82. The number of allylic oxidation sites excluding steroid dienone is 2. The van der Waals surface area contributed by atoms with E-state index >= 15 is 0 Å². The number of para-hydroxylation sites is 1. The summed E-state index contributed by atoms with van der Waals surface area (Å²) in [5, 5.41) is 1.46. The highest BCUT2D eigenvalue weighted by Gasteiger charge is 2.24. The first-order valence-corrected chi connectivity index (χ1v) is 9.20. The summed E-state index contributed by atoms with van der Waals surface area (Å²) in [5.41, 5.74) is 1.37. The number of hydrogen-bond donors (Lipinski definition) is 0. The molecular weight excluding hydrogens is 274 g/mol. The van der Waals surface area contributed by atoms with Crippen molar-refractivity contribution in [2.45, 2.75) is 31.6 Å². The largest absolute Gasteiger partial charge is 0.346 e. The number of fused-ring (bicyclic) bond motifs is 1.